The van der Waals surface area contributed by atoms with Gasteiger partial charge in [0, 0.05) is 23.9 Å². The van der Waals surface area contributed by atoms with Crippen molar-refractivity contribution in [1.82, 2.24) is 40.1 Å². The normalized spacial score (nSPS) is 20.5. The number of aromatic nitrogens is 5. The maximum Gasteiger partial charge on any atom is 0.411 e. The predicted octanol–water partition coefficient (Wildman–Crippen LogP) is 7.49. The SMILES string of the molecule is CC(C)(C)CCN/C1=N\C(F)c2ncnn2-c2cc(ccc2Cl)[C@@H](COC(=O)NC2(C(F)(F)F)CC2)N1C(=O)c1ccc(-c2ccn(C3CC3)n2)cc1. The largest absolute Gasteiger partial charge is 0.447 e. The minimum atomic E-state index is -4.68. The van der Waals surface area contributed by atoms with E-state index >= 15 is 4.39 Å². The standard InChI is InChI=1S/C36H38ClF4N9O3/c1-34(2,3)15-16-42-32-45-29(38)30-43-20-44-50(30)27-18-23(8-11-25(27)37)28(19-53-33(52)46-35(13-14-35)36(39,40)41)49(32)31(51)22-6-4-21(5-7-22)26-12-17-48(47-26)24-9-10-24/h4-8,11-12,17-18,20,24,28-29H,9-10,13-16,19H2,1-3H3,(H,42,45)(H,46,52)/t28-,29?/m1/s1. The van der Waals surface area contributed by atoms with Crippen LogP contribution in [0.1, 0.15) is 93.0 Å². The third kappa shape index (κ3) is 7.73. The van der Waals surface area contributed by atoms with Crippen LogP contribution >= 0.6 is 11.6 Å². The summed E-state index contributed by atoms with van der Waals surface area (Å²) in [5, 5.41) is 14.1. The molecule has 7 rings (SSSR count). The number of hydrogen-bond donors (Lipinski definition) is 2. The number of hydrogen-bond acceptors (Lipinski definition) is 8. The maximum atomic E-state index is 16.3. The van der Waals surface area contributed by atoms with E-state index in [2.05, 4.69) is 25.5 Å². The number of guanidine groups is 1. The summed E-state index contributed by atoms with van der Waals surface area (Å²) in [6, 6.07) is 12.3. The Morgan fingerprint density at radius 2 is 1.79 bits per heavy atom. The number of amides is 2. The zero-order chi connectivity index (χ0) is 37.7. The van der Waals surface area contributed by atoms with Crippen LogP contribution in [0.4, 0.5) is 22.4 Å². The lowest BCUT2D eigenvalue weighted by atomic mass is 9.92. The lowest BCUT2D eigenvalue weighted by Gasteiger charge is -2.34. The zero-order valence-electron chi connectivity index (χ0n) is 29.2. The topological polar surface area (TPSA) is 132 Å². The van der Waals surface area contributed by atoms with E-state index in [1.807, 2.05) is 43.0 Å². The molecule has 2 fully saturated rings. The van der Waals surface area contributed by atoms with Gasteiger partial charge in [0.15, 0.2) is 5.82 Å². The highest BCUT2D eigenvalue weighted by molar-refractivity contribution is 6.32. The number of halogens is 5. The number of ether oxygens (including phenoxy) is 1. The van der Waals surface area contributed by atoms with Crippen LogP contribution in [-0.2, 0) is 4.74 Å². The van der Waals surface area contributed by atoms with Crippen LogP contribution in [0.3, 0.4) is 0 Å². The van der Waals surface area contributed by atoms with Gasteiger partial charge in [-0.15, -0.1) is 0 Å². The van der Waals surface area contributed by atoms with Crippen LogP contribution in [0.5, 0.6) is 0 Å². The van der Waals surface area contributed by atoms with E-state index in [9.17, 15) is 22.8 Å². The van der Waals surface area contributed by atoms with Crippen molar-refractivity contribution in [1.29, 1.82) is 0 Å². The third-order valence-corrected chi connectivity index (χ3v) is 9.81. The lowest BCUT2D eigenvalue weighted by molar-refractivity contribution is -0.164. The van der Waals surface area contributed by atoms with E-state index < -0.39 is 42.7 Å². The molecular weight excluding hydrogens is 718 g/mol. The van der Waals surface area contributed by atoms with Crippen LogP contribution in [0.25, 0.3) is 16.9 Å². The van der Waals surface area contributed by atoms with Crippen LogP contribution in [0.15, 0.2) is 66.0 Å². The Bertz CT molecular complexity index is 2030. The van der Waals surface area contributed by atoms with Crippen LogP contribution in [0.2, 0.25) is 5.02 Å². The smallest absolute Gasteiger partial charge is 0.411 e. The molecule has 0 saturated heterocycles. The maximum absolute atomic E-state index is 16.3. The van der Waals surface area contributed by atoms with Gasteiger partial charge < -0.3 is 15.4 Å². The highest BCUT2D eigenvalue weighted by atomic mass is 35.5. The van der Waals surface area contributed by atoms with Crippen LogP contribution < -0.4 is 10.6 Å². The zero-order valence-corrected chi connectivity index (χ0v) is 30.0. The Balaban J connectivity index is 1.30. The molecule has 2 atom stereocenters. The molecule has 53 heavy (non-hydrogen) atoms. The predicted molar refractivity (Wildman–Crippen MR) is 187 cm³/mol. The molecule has 1 unspecified atom stereocenters. The first-order valence-electron chi connectivity index (χ1n) is 17.3. The molecule has 0 radical (unpaired) electrons. The monoisotopic (exact) mass is 755 g/mol. The summed E-state index contributed by atoms with van der Waals surface area (Å²) < 4.78 is 66.0. The summed E-state index contributed by atoms with van der Waals surface area (Å²) in [5.74, 6) is -1.08. The number of nitrogens with zero attached hydrogens (tertiary/aromatic N) is 7. The van der Waals surface area contributed by atoms with Gasteiger partial charge in [-0.2, -0.15) is 23.4 Å². The number of rotatable bonds is 8. The minimum absolute atomic E-state index is 0.164. The van der Waals surface area contributed by atoms with Crippen molar-refractivity contribution in [3.8, 4) is 16.9 Å². The molecule has 12 nitrogen and oxygen atoms in total. The van der Waals surface area contributed by atoms with Gasteiger partial charge in [-0.3, -0.25) is 14.4 Å². The number of fused-ring (bicyclic) bond motifs is 4. The van der Waals surface area contributed by atoms with E-state index in [0.717, 1.165) is 35.3 Å². The number of alkyl halides is 4. The van der Waals surface area contributed by atoms with Crippen LogP contribution in [0, 0.1) is 5.41 Å². The average molecular weight is 756 g/mol. The molecule has 2 aliphatic carbocycles. The second kappa shape index (κ2) is 13.8. The first-order chi connectivity index (χ1) is 25.1. The summed E-state index contributed by atoms with van der Waals surface area (Å²) in [7, 11) is 0. The Morgan fingerprint density at radius 3 is 2.45 bits per heavy atom. The molecule has 3 heterocycles. The first-order valence-corrected chi connectivity index (χ1v) is 17.7. The molecule has 2 saturated carbocycles. The Hall–Kier alpha value is -4.99. The van der Waals surface area contributed by atoms with E-state index in [0.29, 0.717) is 18.0 Å². The third-order valence-electron chi connectivity index (χ3n) is 9.49. The molecule has 2 bridgehead atoms. The molecule has 2 aromatic carbocycles. The van der Waals surface area contributed by atoms with Gasteiger partial charge >= 0.3 is 12.3 Å². The number of nitrogens with one attached hydrogen (secondary N) is 2. The molecule has 0 spiro atoms. The number of carbonyl (C=O) groups excluding carboxylic acids is 2. The van der Waals surface area contributed by atoms with E-state index in [-0.39, 0.29) is 52.9 Å². The highest BCUT2D eigenvalue weighted by Crippen LogP contribution is 2.49. The van der Waals surface area contributed by atoms with Crippen molar-refractivity contribution in [2.24, 2.45) is 10.4 Å². The van der Waals surface area contributed by atoms with E-state index in [1.165, 1.54) is 16.8 Å². The number of aliphatic imine (C=N–C) groups is 1. The van der Waals surface area contributed by atoms with Crippen molar-refractivity contribution >= 4 is 29.6 Å². The fourth-order valence-corrected chi connectivity index (χ4v) is 6.26. The number of benzene rings is 2. The molecule has 1 aliphatic heterocycles. The van der Waals surface area contributed by atoms with Gasteiger partial charge in [-0.25, -0.2) is 23.8 Å². The Morgan fingerprint density at radius 1 is 1.06 bits per heavy atom. The summed E-state index contributed by atoms with van der Waals surface area (Å²) >= 11 is 6.55. The molecule has 2 aromatic heterocycles. The van der Waals surface area contributed by atoms with Gasteiger partial charge in [-0.1, -0.05) is 50.6 Å². The van der Waals surface area contributed by atoms with Gasteiger partial charge in [0.2, 0.25) is 5.96 Å². The van der Waals surface area contributed by atoms with Crippen molar-refractivity contribution in [3.05, 3.63) is 83.0 Å². The fraction of sp³-hybridized carbons (Fsp3) is 0.444. The minimum Gasteiger partial charge on any atom is -0.447 e. The molecule has 2 N–H and O–H groups in total. The van der Waals surface area contributed by atoms with Gasteiger partial charge in [0.1, 0.15) is 18.5 Å². The molecule has 2 amide bonds. The van der Waals surface area contributed by atoms with E-state index in [1.54, 1.807) is 30.3 Å². The quantitative estimate of drug-likeness (QED) is 0.141. The number of alkyl carbamates (subject to hydrolysis) is 1. The average Bonchev–Trinajstić information content (AvgIpc) is 4.00. The second-order valence-electron chi connectivity index (χ2n) is 14.8. The lowest BCUT2D eigenvalue weighted by Crippen LogP contribution is -2.51. The van der Waals surface area contributed by atoms with Gasteiger partial charge in [0.05, 0.1) is 28.5 Å². The van der Waals surface area contributed by atoms with Gasteiger partial charge in [-0.05, 0) is 73.4 Å². The van der Waals surface area contributed by atoms with Crippen molar-refractivity contribution in [2.45, 2.75) is 83.0 Å². The van der Waals surface area contributed by atoms with Gasteiger partial charge in [0.25, 0.3) is 12.2 Å². The summed E-state index contributed by atoms with van der Waals surface area (Å²) in [6.07, 6.45) is -2.96. The number of carbonyl (C=O) groups is 2. The fourth-order valence-electron chi connectivity index (χ4n) is 6.06. The van der Waals surface area contributed by atoms with E-state index in [4.69, 9.17) is 16.3 Å². The summed E-state index contributed by atoms with van der Waals surface area (Å²) in [6.45, 7) is 5.66. The second-order valence-corrected chi connectivity index (χ2v) is 15.2. The molecule has 280 valence electrons. The molecule has 17 heteroatoms. The van der Waals surface area contributed by atoms with Crippen molar-refractivity contribution in [2.75, 3.05) is 13.2 Å². The Labute approximate surface area is 307 Å². The van der Waals surface area contributed by atoms with Crippen LogP contribution in [-0.4, -0.2) is 72.3 Å². The van der Waals surface area contributed by atoms with Crippen molar-refractivity contribution < 1.29 is 31.9 Å². The van der Waals surface area contributed by atoms with Crippen molar-refractivity contribution in [3.63, 3.8) is 0 Å². The Kier molecular flexibility index (Phi) is 9.45. The summed E-state index contributed by atoms with van der Waals surface area (Å²) in [5.41, 5.74) is -0.347. The molecular formula is C36H38ClF4N9O3. The first kappa shape index (κ1) is 36.4. The highest BCUT2D eigenvalue weighted by Gasteiger charge is 2.64. The molecule has 4 aromatic rings. The summed E-state index contributed by atoms with van der Waals surface area (Å²) in [4.78, 5) is 37.3. The molecule has 3 aliphatic rings.